The van der Waals surface area contributed by atoms with E-state index in [4.69, 9.17) is 24.7 Å². The van der Waals surface area contributed by atoms with E-state index >= 15 is 0 Å². The molecule has 1 aromatic rings. The molecule has 1 fully saturated rings. The lowest BCUT2D eigenvalue weighted by Crippen LogP contribution is -2.37. The average molecular weight is 239 g/mol. The summed E-state index contributed by atoms with van der Waals surface area (Å²) in [4.78, 5) is 0. The molecule has 0 radical (unpaired) electrons. The van der Waals surface area contributed by atoms with E-state index in [0.29, 0.717) is 19.0 Å². The predicted octanol–water partition coefficient (Wildman–Crippen LogP) is 1.08. The van der Waals surface area contributed by atoms with Crippen LogP contribution in [-0.2, 0) is 9.47 Å². The summed E-state index contributed by atoms with van der Waals surface area (Å²) >= 11 is 0. The molecule has 94 valence electrons. The van der Waals surface area contributed by atoms with Crippen LogP contribution in [0.3, 0.4) is 0 Å². The second-order valence-electron chi connectivity index (χ2n) is 3.87. The van der Waals surface area contributed by atoms with Crippen molar-refractivity contribution in [2.45, 2.75) is 12.3 Å². The SMILES string of the molecule is COc1ccc(OC)c(C2OCC(N)CO2)c1. The van der Waals surface area contributed by atoms with E-state index in [-0.39, 0.29) is 6.04 Å². The second kappa shape index (κ2) is 5.35. The van der Waals surface area contributed by atoms with E-state index in [1.165, 1.54) is 0 Å². The van der Waals surface area contributed by atoms with Gasteiger partial charge in [0, 0.05) is 0 Å². The smallest absolute Gasteiger partial charge is 0.187 e. The zero-order valence-corrected chi connectivity index (χ0v) is 10.0. The molecular weight excluding hydrogens is 222 g/mol. The van der Waals surface area contributed by atoms with E-state index in [9.17, 15) is 0 Å². The number of rotatable bonds is 3. The minimum atomic E-state index is -0.445. The molecule has 1 aliphatic heterocycles. The quantitative estimate of drug-likeness (QED) is 0.855. The Morgan fingerprint density at radius 2 is 1.88 bits per heavy atom. The minimum absolute atomic E-state index is 0.0668. The van der Waals surface area contributed by atoms with Gasteiger partial charge in [0.15, 0.2) is 6.29 Å². The first-order chi connectivity index (χ1) is 8.24. The average Bonchev–Trinajstić information content (AvgIpc) is 2.39. The van der Waals surface area contributed by atoms with Crippen LogP contribution >= 0.6 is 0 Å². The third-order valence-corrected chi connectivity index (χ3v) is 2.61. The summed E-state index contributed by atoms with van der Waals surface area (Å²) < 4.78 is 21.5. The molecule has 1 aromatic carbocycles. The number of nitrogens with two attached hydrogens (primary N) is 1. The number of benzene rings is 1. The van der Waals surface area contributed by atoms with Gasteiger partial charge in [-0.05, 0) is 18.2 Å². The highest BCUT2D eigenvalue weighted by molar-refractivity contribution is 5.41. The molecule has 0 aromatic heterocycles. The Kier molecular flexibility index (Phi) is 3.83. The van der Waals surface area contributed by atoms with Gasteiger partial charge in [0.2, 0.25) is 0 Å². The fourth-order valence-corrected chi connectivity index (χ4v) is 1.72. The number of hydrogen-bond acceptors (Lipinski definition) is 5. The maximum absolute atomic E-state index is 5.70. The largest absolute Gasteiger partial charge is 0.497 e. The van der Waals surface area contributed by atoms with Crippen LogP contribution < -0.4 is 15.2 Å². The van der Waals surface area contributed by atoms with Gasteiger partial charge in [-0.15, -0.1) is 0 Å². The monoisotopic (exact) mass is 239 g/mol. The zero-order chi connectivity index (χ0) is 12.3. The van der Waals surface area contributed by atoms with E-state index in [1.807, 2.05) is 18.2 Å². The van der Waals surface area contributed by atoms with Crippen molar-refractivity contribution in [3.8, 4) is 11.5 Å². The topological polar surface area (TPSA) is 62.9 Å². The molecule has 2 rings (SSSR count). The Labute approximate surface area is 100 Å². The molecule has 0 bridgehead atoms. The summed E-state index contributed by atoms with van der Waals surface area (Å²) in [5, 5.41) is 0. The molecule has 0 saturated carbocycles. The number of hydrogen-bond donors (Lipinski definition) is 1. The van der Waals surface area contributed by atoms with Crippen molar-refractivity contribution < 1.29 is 18.9 Å². The predicted molar refractivity (Wildman–Crippen MR) is 62.2 cm³/mol. The van der Waals surface area contributed by atoms with E-state index in [0.717, 1.165) is 11.3 Å². The normalized spacial score (nSPS) is 24.4. The van der Waals surface area contributed by atoms with Crippen LogP contribution in [0.4, 0.5) is 0 Å². The highest BCUT2D eigenvalue weighted by Gasteiger charge is 2.24. The van der Waals surface area contributed by atoms with Gasteiger partial charge >= 0.3 is 0 Å². The summed E-state index contributed by atoms with van der Waals surface area (Å²) in [6.45, 7) is 0.954. The molecule has 1 aliphatic rings. The van der Waals surface area contributed by atoms with Crippen LogP contribution in [0.2, 0.25) is 0 Å². The Balaban J connectivity index is 2.23. The molecular formula is C12H17NO4. The third kappa shape index (κ3) is 2.69. The number of methoxy groups -OCH3 is 2. The molecule has 17 heavy (non-hydrogen) atoms. The minimum Gasteiger partial charge on any atom is -0.497 e. The first-order valence-corrected chi connectivity index (χ1v) is 5.45. The standard InChI is InChI=1S/C12H17NO4/c1-14-9-3-4-11(15-2)10(5-9)12-16-6-8(13)7-17-12/h3-5,8,12H,6-7,13H2,1-2H3. The first-order valence-electron chi connectivity index (χ1n) is 5.45. The van der Waals surface area contributed by atoms with Gasteiger partial charge in [0.1, 0.15) is 11.5 Å². The molecule has 0 amide bonds. The highest BCUT2D eigenvalue weighted by Crippen LogP contribution is 2.33. The van der Waals surface area contributed by atoms with Crippen molar-refractivity contribution in [2.75, 3.05) is 27.4 Å². The van der Waals surface area contributed by atoms with Crippen molar-refractivity contribution in [3.05, 3.63) is 23.8 Å². The lowest BCUT2D eigenvalue weighted by Gasteiger charge is -2.28. The van der Waals surface area contributed by atoms with Gasteiger partial charge in [-0.1, -0.05) is 0 Å². The Morgan fingerprint density at radius 3 is 2.47 bits per heavy atom. The van der Waals surface area contributed by atoms with Gasteiger partial charge in [-0.25, -0.2) is 0 Å². The van der Waals surface area contributed by atoms with Gasteiger partial charge in [-0.2, -0.15) is 0 Å². The first kappa shape index (κ1) is 12.2. The van der Waals surface area contributed by atoms with E-state index in [2.05, 4.69) is 0 Å². The van der Waals surface area contributed by atoms with Crippen LogP contribution in [-0.4, -0.2) is 33.5 Å². The Morgan fingerprint density at radius 1 is 1.18 bits per heavy atom. The Bertz CT molecular complexity index is 375. The van der Waals surface area contributed by atoms with Gasteiger partial charge in [-0.3, -0.25) is 0 Å². The fraction of sp³-hybridized carbons (Fsp3) is 0.500. The van der Waals surface area contributed by atoms with Crippen LogP contribution in [0.25, 0.3) is 0 Å². The van der Waals surface area contributed by atoms with Crippen molar-refractivity contribution >= 4 is 0 Å². The van der Waals surface area contributed by atoms with E-state index in [1.54, 1.807) is 14.2 Å². The van der Waals surface area contributed by atoms with Crippen LogP contribution in [0.1, 0.15) is 11.9 Å². The van der Waals surface area contributed by atoms with Crippen molar-refractivity contribution in [1.29, 1.82) is 0 Å². The van der Waals surface area contributed by atoms with E-state index < -0.39 is 6.29 Å². The fourth-order valence-electron chi connectivity index (χ4n) is 1.72. The molecule has 0 unspecified atom stereocenters. The molecule has 5 nitrogen and oxygen atoms in total. The molecule has 1 heterocycles. The van der Waals surface area contributed by atoms with Crippen molar-refractivity contribution in [3.63, 3.8) is 0 Å². The van der Waals surface area contributed by atoms with Crippen LogP contribution in [0.5, 0.6) is 11.5 Å². The molecule has 0 atom stereocenters. The summed E-state index contributed by atoms with van der Waals surface area (Å²) in [6.07, 6.45) is -0.445. The van der Waals surface area contributed by atoms with Crippen LogP contribution in [0.15, 0.2) is 18.2 Å². The van der Waals surface area contributed by atoms with Gasteiger partial charge in [0.25, 0.3) is 0 Å². The molecule has 2 N–H and O–H groups in total. The summed E-state index contributed by atoms with van der Waals surface area (Å²) in [5.41, 5.74) is 6.51. The van der Waals surface area contributed by atoms with Crippen molar-refractivity contribution in [1.82, 2.24) is 0 Å². The highest BCUT2D eigenvalue weighted by atomic mass is 16.7. The maximum atomic E-state index is 5.70. The van der Waals surface area contributed by atoms with Gasteiger partial charge < -0.3 is 24.7 Å². The third-order valence-electron chi connectivity index (χ3n) is 2.61. The Hall–Kier alpha value is -1.30. The summed E-state index contributed by atoms with van der Waals surface area (Å²) in [7, 11) is 3.23. The van der Waals surface area contributed by atoms with Crippen molar-refractivity contribution in [2.24, 2.45) is 5.73 Å². The number of ether oxygens (including phenoxy) is 4. The van der Waals surface area contributed by atoms with Gasteiger partial charge in [0.05, 0.1) is 39.0 Å². The summed E-state index contributed by atoms with van der Waals surface area (Å²) in [5.74, 6) is 1.45. The maximum Gasteiger partial charge on any atom is 0.187 e. The molecule has 1 saturated heterocycles. The van der Waals surface area contributed by atoms with Crippen LogP contribution in [0, 0.1) is 0 Å². The molecule has 0 aliphatic carbocycles. The lowest BCUT2D eigenvalue weighted by molar-refractivity contribution is -0.190. The molecule has 5 heteroatoms. The summed E-state index contributed by atoms with van der Waals surface area (Å²) in [6, 6.07) is 5.44. The molecule has 0 spiro atoms. The lowest BCUT2D eigenvalue weighted by atomic mass is 10.1. The zero-order valence-electron chi connectivity index (χ0n) is 10.0. The second-order valence-corrected chi connectivity index (χ2v) is 3.87.